The fourth-order valence-electron chi connectivity index (χ4n) is 2.85. The van der Waals surface area contributed by atoms with Crippen LogP contribution in [0, 0.1) is 5.92 Å². The lowest BCUT2D eigenvalue weighted by molar-refractivity contribution is -0.122. The third kappa shape index (κ3) is 1.82. The zero-order valence-electron chi connectivity index (χ0n) is 9.40. The van der Waals surface area contributed by atoms with E-state index in [-0.39, 0.29) is 11.8 Å². The number of nitrogens with one attached hydrogen (secondary N) is 1. The second-order valence-electron chi connectivity index (χ2n) is 4.58. The van der Waals surface area contributed by atoms with Gasteiger partial charge in [-0.25, -0.2) is 0 Å². The molecule has 1 aromatic heterocycles. The van der Waals surface area contributed by atoms with E-state index < -0.39 is 0 Å². The number of anilines is 1. The van der Waals surface area contributed by atoms with Crippen molar-refractivity contribution in [3.8, 4) is 0 Å². The highest BCUT2D eigenvalue weighted by molar-refractivity contribution is 9.10. The van der Waals surface area contributed by atoms with E-state index in [0.29, 0.717) is 6.04 Å². The molecule has 1 N–H and O–H groups in total. The molecule has 3 heterocycles. The molecular weight excluding hydrogens is 282 g/mol. The van der Waals surface area contributed by atoms with Crippen molar-refractivity contribution >= 4 is 27.5 Å². The summed E-state index contributed by atoms with van der Waals surface area (Å²) in [5.41, 5.74) is 1.14. The third-order valence-electron chi connectivity index (χ3n) is 3.66. The smallest absolute Gasteiger partial charge is 0.225 e. The van der Waals surface area contributed by atoms with E-state index in [2.05, 4.69) is 31.1 Å². The van der Waals surface area contributed by atoms with Gasteiger partial charge in [-0.2, -0.15) is 0 Å². The molecule has 0 spiro atoms. The number of halogens is 1. The van der Waals surface area contributed by atoms with E-state index in [1.807, 2.05) is 12.3 Å². The van der Waals surface area contributed by atoms with Gasteiger partial charge in [-0.1, -0.05) is 0 Å². The molecule has 1 amide bonds. The van der Waals surface area contributed by atoms with Gasteiger partial charge in [-0.3, -0.25) is 9.78 Å². The van der Waals surface area contributed by atoms with Gasteiger partial charge < -0.3 is 10.2 Å². The number of pyridine rings is 1. The van der Waals surface area contributed by atoms with Gasteiger partial charge in [0.1, 0.15) is 0 Å². The molecule has 3 rings (SSSR count). The number of carbonyl (C=O) groups excluding carboxylic acids is 1. The second-order valence-corrected chi connectivity index (χ2v) is 5.44. The molecular formula is C12H14BrN3O. The van der Waals surface area contributed by atoms with Gasteiger partial charge in [0.15, 0.2) is 0 Å². The Morgan fingerprint density at radius 1 is 1.53 bits per heavy atom. The Labute approximate surface area is 109 Å². The highest BCUT2D eigenvalue weighted by Crippen LogP contribution is 2.34. The summed E-state index contributed by atoms with van der Waals surface area (Å²) >= 11 is 3.53. The lowest BCUT2D eigenvalue weighted by Gasteiger charge is -2.38. The van der Waals surface area contributed by atoms with Crippen molar-refractivity contribution in [2.75, 3.05) is 18.0 Å². The van der Waals surface area contributed by atoms with Crippen LogP contribution >= 0.6 is 15.9 Å². The minimum absolute atomic E-state index is 0.156. The van der Waals surface area contributed by atoms with Crippen LogP contribution in [-0.4, -0.2) is 30.0 Å². The quantitative estimate of drug-likeness (QED) is 0.855. The molecule has 2 atom stereocenters. The van der Waals surface area contributed by atoms with Crippen molar-refractivity contribution in [3.63, 3.8) is 0 Å². The predicted octanol–water partition coefficient (Wildman–Crippen LogP) is 1.56. The van der Waals surface area contributed by atoms with Gasteiger partial charge in [-0.05, 0) is 34.8 Å². The zero-order chi connectivity index (χ0) is 11.8. The van der Waals surface area contributed by atoms with Crippen LogP contribution in [0.5, 0.6) is 0 Å². The Hall–Kier alpha value is -1.10. The summed E-state index contributed by atoms with van der Waals surface area (Å²) in [6.45, 7) is 1.77. The largest absolute Gasteiger partial charge is 0.365 e. The summed E-state index contributed by atoms with van der Waals surface area (Å²) in [6.07, 6.45) is 5.69. The molecule has 2 fully saturated rings. The Morgan fingerprint density at radius 3 is 3.24 bits per heavy atom. The Kier molecular flexibility index (Phi) is 2.78. The fourth-order valence-corrected chi connectivity index (χ4v) is 3.33. The van der Waals surface area contributed by atoms with E-state index in [1.165, 1.54) is 0 Å². The van der Waals surface area contributed by atoms with Gasteiger partial charge >= 0.3 is 0 Å². The van der Waals surface area contributed by atoms with Crippen molar-refractivity contribution in [3.05, 3.63) is 22.9 Å². The number of carbonyl (C=O) groups is 1. The number of amides is 1. The molecule has 0 aliphatic carbocycles. The first-order chi connectivity index (χ1) is 8.27. The van der Waals surface area contributed by atoms with E-state index in [0.717, 1.165) is 36.1 Å². The number of fused-ring (bicyclic) bond motifs is 1. The van der Waals surface area contributed by atoms with Gasteiger partial charge in [0, 0.05) is 25.5 Å². The maximum atomic E-state index is 11.7. The van der Waals surface area contributed by atoms with Crippen molar-refractivity contribution in [1.29, 1.82) is 0 Å². The van der Waals surface area contributed by atoms with Crippen molar-refractivity contribution < 1.29 is 4.79 Å². The highest BCUT2D eigenvalue weighted by Gasteiger charge is 2.41. The zero-order valence-corrected chi connectivity index (χ0v) is 11.0. The van der Waals surface area contributed by atoms with Crippen LogP contribution in [0.2, 0.25) is 0 Å². The maximum Gasteiger partial charge on any atom is 0.225 e. The first-order valence-corrected chi connectivity index (χ1v) is 6.70. The molecule has 0 aromatic carbocycles. The summed E-state index contributed by atoms with van der Waals surface area (Å²) in [7, 11) is 0. The molecule has 1 aromatic rings. The van der Waals surface area contributed by atoms with Crippen molar-refractivity contribution in [1.82, 2.24) is 10.3 Å². The third-order valence-corrected chi connectivity index (χ3v) is 4.27. The summed E-state index contributed by atoms with van der Waals surface area (Å²) < 4.78 is 1.000. The summed E-state index contributed by atoms with van der Waals surface area (Å²) in [5.74, 6) is 0.369. The summed E-state index contributed by atoms with van der Waals surface area (Å²) in [6, 6.07) is 2.31. The molecule has 0 radical (unpaired) electrons. The number of hydrogen-bond donors (Lipinski definition) is 1. The number of nitrogens with zero attached hydrogens (tertiary/aromatic N) is 2. The lowest BCUT2D eigenvalue weighted by atomic mass is 9.91. The van der Waals surface area contributed by atoms with Crippen molar-refractivity contribution in [2.45, 2.75) is 18.9 Å². The molecule has 0 bridgehead atoms. The standard InChI is InChI=1S/C12H14BrN3O/c13-9-6-14-4-3-10(9)16-5-1-2-8-11(16)7-15-12(8)17/h3-4,6,8,11H,1-2,5,7H2,(H,15,17). The molecule has 4 nitrogen and oxygen atoms in total. The fraction of sp³-hybridized carbons (Fsp3) is 0.500. The van der Waals surface area contributed by atoms with Gasteiger partial charge in [0.05, 0.1) is 22.1 Å². The molecule has 90 valence electrons. The average molecular weight is 296 g/mol. The molecule has 0 saturated carbocycles. The first-order valence-electron chi connectivity index (χ1n) is 5.91. The van der Waals surface area contributed by atoms with Crippen LogP contribution in [0.25, 0.3) is 0 Å². The van der Waals surface area contributed by atoms with Crippen LogP contribution in [0.1, 0.15) is 12.8 Å². The van der Waals surface area contributed by atoms with Crippen molar-refractivity contribution in [2.24, 2.45) is 5.92 Å². The summed E-state index contributed by atoms with van der Waals surface area (Å²) in [4.78, 5) is 18.1. The van der Waals surface area contributed by atoms with E-state index >= 15 is 0 Å². The van der Waals surface area contributed by atoms with Gasteiger partial charge in [-0.15, -0.1) is 0 Å². The Morgan fingerprint density at radius 2 is 2.41 bits per heavy atom. The van der Waals surface area contributed by atoms with Crippen LogP contribution in [0.4, 0.5) is 5.69 Å². The highest BCUT2D eigenvalue weighted by atomic mass is 79.9. The molecule has 2 aliphatic heterocycles. The molecule has 2 saturated heterocycles. The number of rotatable bonds is 1. The number of aromatic nitrogens is 1. The number of hydrogen-bond acceptors (Lipinski definition) is 3. The van der Waals surface area contributed by atoms with Crippen LogP contribution < -0.4 is 10.2 Å². The molecule has 17 heavy (non-hydrogen) atoms. The van der Waals surface area contributed by atoms with Gasteiger partial charge in [0.25, 0.3) is 0 Å². The Bertz CT molecular complexity index is 451. The minimum atomic E-state index is 0.156. The molecule has 2 unspecified atom stereocenters. The second kappa shape index (κ2) is 4.29. The van der Waals surface area contributed by atoms with Crippen LogP contribution in [0.3, 0.4) is 0 Å². The maximum absolute atomic E-state index is 11.7. The normalized spacial score (nSPS) is 27.8. The molecule has 2 aliphatic rings. The minimum Gasteiger partial charge on any atom is -0.365 e. The summed E-state index contributed by atoms with van der Waals surface area (Å²) in [5, 5.41) is 2.97. The Balaban J connectivity index is 1.93. The average Bonchev–Trinajstić information content (AvgIpc) is 2.72. The van der Waals surface area contributed by atoms with E-state index in [4.69, 9.17) is 0 Å². The SMILES string of the molecule is O=C1NCC2C1CCCN2c1ccncc1Br. The lowest BCUT2D eigenvalue weighted by Crippen LogP contribution is -2.45. The van der Waals surface area contributed by atoms with Crippen LogP contribution in [-0.2, 0) is 4.79 Å². The predicted molar refractivity (Wildman–Crippen MR) is 68.8 cm³/mol. The topological polar surface area (TPSA) is 45.2 Å². The van der Waals surface area contributed by atoms with Crippen LogP contribution in [0.15, 0.2) is 22.9 Å². The monoisotopic (exact) mass is 295 g/mol. The first kappa shape index (κ1) is 11.0. The van der Waals surface area contributed by atoms with E-state index in [9.17, 15) is 4.79 Å². The number of piperidine rings is 1. The van der Waals surface area contributed by atoms with E-state index in [1.54, 1.807) is 6.20 Å². The molecule has 5 heteroatoms. The van der Waals surface area contributed by atoms with Gasteiger partial charge in [0.2, 0.25) is 5.91 Å².